The Morgan fingerprint density at radius 1 is 1.17 bits per heavy atom. The van der Waals surface area contributed by atoms with E-state index in [1.165, 1.54) is 44.5 Å². The Labute approximate surface area is 140 Å². The molecule has 1 atom stereocenters. The van der Waals surface area contributed by atoms with Gasteiger partial charge < -0.3 is 20.0 Å². The summed E-state index contributed by atoms with van der Waals surface area (Å²) in [5.74, 6) is -1.67. The summed E-state index contributed by atoms with van der Waals surface area (Å²) in [5.41, 5.74) is 1.50. The van der Waals surface area contributed by atoms with Crippen LogP contribution in [0.5, 0.6) is 0 Å². The quantitative estimate of drug-likeness (QED) is 0.769. The summed E-state index contributed by atoms with van der Waals surface area (Å²) < 4.78 is 0. The van der Waals surface area contributed by atoms with Gasteiger partial charge in [0.05, 0.1) is 0 Å². The van der Waals surface area contributed by atoms with Gasteiger partial charge in [0.15, 0.2) is 0 Å². The fraction of sp³-hybridized carbons (Fsp3) is 0.765. The Kier molecular flexibility index (Phi) is 14.5. The zero-order valence-corrected chi connectivity index (χ0v) is 15.5. The van der Waals surface area contributed by atoms with Crippen molar-refractivity contribution in [2.24, 2.45) is 0 Å². The van der Waals surface area contributed by atoms with Crippen LogP contribution in [0.4, 0.5) is 0 Å². The molecule has 2 aliphatic rings. The molecular weight excluding hydrogens is 296 g/mol. The van der Waals surface area contributed by atoms with Gasteiger partial charge in [-0.25, -0.2) is 0 Å². The van der Waals surface area contributed by atoms with E-state index in [4.69, 9.17) is 19.8 Å². The van der Waals surface area contributed by atoms with Crippen molar-refractivity contribution in [1.29, 1.82) is 0 Å². The zero-order valence-electron chi connectivity index (χ0n) is 15.5. The Morgan fingerprint density at radius 3 is 1.78 bits per heavy atom. The molecule has 0 aliphatic carbocycles. The van der Waals surface area contributed by atoms with Gasteiger partial charge in [0.1, 0.15) is 0 Å². The van der Waals surface area contributed by atoms with Gasteiger partial charge in [-0.05, 0) is 46.2 Å². The third-order valence-corrected chi connectivity index (χ3v) is 3.58. The molecule has 0 saturated carbocycles. The van der Waals surface area contributed by atoms with Gasteiger partial charge in [0, 0.05) is 39.2 Å². The van der Waals surface area contributed by atoms with Crippen LogP contribution in [0.2, 0.25) is 0 Å². The molecule has 6 heteroatoms. The maximum absolute atomic E-state index is 9.00. The van der Waals surface area contributed by atoms with Crippen LogP contribution in [-0.2, 0) is 9.59 Å². The Balaban J connectivity index is 0. The molecule has 0 bridgehead atoms. The van der Waals surface area contributed by atoms with Crippen LogP contribution in [0.25, 0.3) is 0 Å². The van der Waals surface area contributed by atoms with E-state index < -0.39 is 11.9 Å². The highest BCUT2D eigenvalue weighted by Gasteiger charge is 2.14. The third kappa shape index (κ3) is 16.6. The van der Waals surface area contributed by atoms with E-state index >= 15 is 0 Å². The molecule has 1 saturated heterocycles. The van der Waals surface area contributed by atoms with E-state index in [2.05, 4.69) is 43.8 Å². The topological polar surface area (TPSA) is 81.1 Å². The molecule has 0 amide bonds. The normalized spacial score (nSPS) is 19.3. The molecule has 0 spiro atoms. The molecule has 136 valence electrons. The van der Waals surface area contributed by atoms with Crippen LogP contribution in [0.15, 0.2) is 11.8 Å². The summed E-state index contributed by atoms with van der Waals surface area (Å²) in [7, 11) is 4.35. The van der Waals surface area contributed by atoms with Crippen molar-refractivity contribution in [3.05, 3.63) is 11.8 Å². The number of hydrogen-bond acceptors (Lipinski definition) is 4. The summed E-state index contributed by atoms with van der Waals surface area (Å²) in [6, 6.07) is 0.847. The lowest BCUT2D eigenvalue weighted by Gasteiger charge is -2.13. The predicted molar refractivity (Wildman–Crippen MR) is 93.6 cm³/mol. The number of nitrogens with zero attached hydrogens (tertiary/aromatic N) is 2. The molecule has 2 N–H and O–H groups in total. The van der Waals surface area contributed by atoms with E-state index in [9.17, 15) is 0 Å². The molecule has 1 fully saturated rings. The van der Waals surface area contributed by atoms with Crippen LogP contribution in [0.1, 0.15) is 53.4 Å². The Morgan fingerprint density at radius 2 is 1.65 bits per heavy atom. The first-order chi connectivity index (χ1) is 10.6. The summed E-state index contributed by atoms with van der Waals surface area (Å²) in [6.07, 6.45) is 7.56. The molecule has 1 unspecified atom stereocenters. The average Bonchev–Trinajstić information content (AvgIpc) is 2.98. The van der Waals surface area contributed by atoms with Crippen LogP contribution >= 0.6 is 0 Å². The first-order valence-corrected chi connectivity index (χ1v) is 8.11. The van der Waals surface area contributed by atoms with Crippen LogP contribution in [0.3, 0.4) is 0 Å². The van der Waals surface area contributed by atoms with Crippen molar-refractivity contribution in [2.75, 3.05) is 27.2 Å². The maximum atomic E-state index is 9.00. The van der Waals surface area contributed by atoms with Gasteiger partial charge >= 0.3 is 0 Å². The van der Waals surface area contributed by atoms with Gasteiger partial charge in [-0.15, -0.1) is 0 Å². The second-order valence-electron chi connectivity index (χ2n) is 5.77. The average molecular weight is 330 g/mol. The van der Waals surface area contributed by atoms with E-state index in [1.54, 1.807) is 0 Å². The highest BCUT2D eigenvalue weighted by Crippen LogP contribution is 2.14. The molecule has 0 aromatic heterocycles. The van der Waals surface area contributed by atoms with Crippen molar-refractivity contribution >= 4 is 11.9 Å². The lowest BCUT2D eigenvalue weighted by Crippen LogP contribution is -2.20. The van der Waals surface area contributed by atoms with E-state index in [0.29, 0.717) is 0 Å². The molecule has 6 nitrogen and oxygen atoms in total. The smallest absolute Gasteiger partial charge is 0.300 e. The maximum Gasteiger partial charge on any atom is 0.300 e. The first kappa shape index (κ1) is 23.7. The lowest BCUT2D eigenvalue weighted by molar-refractivity contribution is -0.135. The lowest BCUT2D eigenvalue weighted by atomic mass is 10.3. The van der Waals surface area contributed by atoms with E-state index in [-0.39, 0.29) is 0 Å². The van der Waals surface area contributed by atoms with Gasteiger partial charge in [0.2, 0.25) is 0 Å². The largest absolute Gasteiger partial charge is 0.481 e. The predicted octanol–water partition coefficient (Wildman–Crippen LogP) is 2.90. The SMILES string of the molecule is CC(=O)O.CC(=O)O.CC1CCCN1C.CCC1=CCCN1C. The van der Waals surface area contributed by atoms with E-state index in [0.717, 1.165) is 19.9 Å². The highest BCUT2D eigenvalue weighted by atomic mass is 16.4. The van der Waals surface area contributed by atoms with Gasteiger partial charge in [-0.2, -0.15) is 0 Å². The number of aliphatic carboxylic acids is 2. The second kappa shape index (κ2) is 14.1. The number of allylic oxidation sites excluding steroid dienone is 1. The molecule has 2 heterocycles. The first-order valence-electron chi connectivity index (χ1n) is 8.11. The summed E-state index contributed by atoms with van der Waals surface area (Å²) in [4.78, 5) is 22.7. The van der Waals surface area contributed by atoms with Crippen molar-refractivity contribution in [3.63, 3.8) is 0 Å². The molecule has 0 radical (unpaired) electrons. The van der Waals surface area contributed by atoms with Crippen molar-refractivity contribution < 1.29 is 19.8 Å². The number of rotatable bonds is 1. The monoisotopic (exact) mass is 330 g/mol. The fourth-order valence-electron chi connectivity index (χ4n) is 2.22. The van der Waals surface area contributed by atoms with Crippen LogP contribution < -0.4 is 0 Å². The minimum absolute atomic E-state index is 0.833. The minimum atomic E-state index is -0.833. The van der Waals surface area contributed by atoms with Gasteiger partial charge in [-0.3, -0.25) is 9.59 Å². The molecule has 0 aromatic rings. The molecule has 2 rings (SSSR count). The van der Waals surface area contributed by atoms with Crippen LogP contribution in [0, 0.1) is 0 Å². The summed E-state index contributed by atoms with van der Waals surface area (Å²) >= 11 is 0. The standard InChI is InChI=1S/C7H13N.C6H13N.2C2H4O2/c1-3-7-5-4-6-8(7)2;1-6-4-3-5-7(6)2;2*1-2(3)4/h5H,3-4,6H2,1-2H3;6H,3-5H2,1-2H3;2*1H3,(H,3,4). The summed E-state index contributed by atoms with van der Waals surface area (Å²) in [5, 5.41) is 14.8. The highest BCUT2D eigenvalue weighted by molar-refractivity contribution is 5.63. The number of hydrogen-bond donors (Lipinski definition) is 2. The number of carboxylic acid groups (broad SMARTS) is 2. The number of likely N-dealkylation sites (tertiary alicyclic amines) is 1. The minimum Gasteiger partial charge on any atom is -0.481 e. The zero-order chi connectivity index (χ0) is 18.4. The van der Waals surface area contributed by atoms with Gasteiger partial charge in [0.25, 0.3) is 11.9 Å². The molecule has 23 heavy (non-hydrogen) atoms. The Hall–Kier alpha value is -1.56. The number of carbonyl (C=O) groups is 2. The van der Waals surface area contributed by atoms with Gasteiger partial charge in [-0.1, -0.05) is 13.0 Å². The van der Waals surface area contributed by atoms with Crippen LogP contribution in [-0.4, -0.2) is 65.2 Å². The second-order valence-corrected chi connectivity index (χ2v) is 5.77. The Bertz CT molecular complexity index is 342. The third-order valence-electron chi connectivity index (χ3n) is 3.58. The van der Waals surface area contributed by atoms with Crippen molar-refractivity contribution in [3.8, 4) is 0 Å². The van der Waals surface area contributed by atoms with Crippen molar-refractivity contribution in [1.82, 2.24) is 9.80 Å². The number of carboxylic acids is 2. The summed E-state index contributed by atoms with van der Waals surface area (Å²) in [6.45, 7) is 9.19. The molecule has 2 aliphatic heterocycles. The van der Waals surface area contributed by atoms with E-state index in [1.807, 2.05) is 0 Å². The molecular formula is C17H34N2O4. The molecule has 0 aromatic carbocycles. The van der Waals surface area contributed by atoms with Crippen molar-refractivity contribution in [2.45, 2.75) is 59.4 Å². The fourth-order valence-corrected chi connectivity index (χ4v) is 2.22.